The Hall–Kier alpha value is -2.24. The summed E-state index contributed by atoms with van der Waals surface area (Å²) in [5.74, 6) is 1.31. The van der Waals surface area contributed by atoms with E-state index in [0.29, 0.717) is 25.4 Å². The maximum Gasteiger partial charge on any atom is 0.233 e. The molecular formula is C27H35N3O4S3. The van der Waals surface area contributed by atoms with Gasteiger partial charge in [0.05, 0.1) is 12.0 Å². The Bertz CT molecular complexity index is 1110. The summed E-state index contributed by atoms with van der Waals surface area (Å²) in [4.78, 5) is 33.4. The lowest BCUT2D eigenvalue weighted by molar-refractivity contribution is -0.134. The molecule has 0 saturated heterocycles. The number of aromatic hydroxyl groups is 1. The van der Waals surface area contributed by atoms with Gasteiger partial charge in [-0.05, 0) is 75.2 Å². The third kappa shape index (κ3) is 8.38. The monoisotopic (exact) mass is 561 g/mol. The fourth-order valence-corrected chi connectivity index (χ4v) is 6.17. The number of aldehydes is 1. The molecule has 0 bridgehead atoms. The maximum absolute atomic E-state index is 13.6. The van der Waals surface area contributed by atoms with Gasteiger partial charge in [0.15, 0.2) is 6.29 Å². The molecule has 1 saturated carbocycles. The number of nitrogens with one attached hydrogen (secondary N) is 1. The second kappa shape index (κ2) is 14.6. The van der Waals surface area contributed by atoms with Crippen molar-refractivity contribution in [2.45, 2.75) is 51.0 Å². The number of carbonyl (C=O) groups excluding carboxylic acids is 2. The molecule has 3 aromatic rings. The van der Waals surface area contributed by atoms with Crippen molar-refractivity contribution in [3.63, 3.8) is 0 Å². The number of aliphatic hydroxyl groups is 1. The van der Waals surface area contributed by atoms with E-state index in [1.165, 1.54) is 16.2 Å². The van der Waals surface area contributed by atoms with Crippen LogP contribution < -0.4 is 4.72 Å². The standard InChI is InChI=1S/C23H24N2O3S2.C4H11NOS/c1-16-20(15-26)24-21(30-16)14-25(12-2-4-19-5-3-13-29-19)22(28)23(10-11-23)17-6-8-18(27)9-7-17;1-5-7-4-2-3-6/h3,5-9,13,15,27H,2,4,10-12,14H2,1H3;5-6H,2-4H2,1H3. The molecule has 0 radical (unpaired) electrons. The average Bonchev–Trinajstić information content (AvgIpc) is 3.38. The molecule has 0 atom stereocenters. The number of amides is 1. The third-order valence-corrected chi connectivity index (χ3v) is 8.85. The summed E-state index contributed by atoms with van der Waals surface area (Å²) in [5, 5.41) is 20.7. The first-order chi connectivity index (χ1) is 17.9. The van der Waals surface area contributed by atoms with Gasteiger partial charge in [-0.15, -0.1) is 22.7 Å². The lowest BCUT2D eigenvalue weighted by Gasteiger charge is -2.27. The molecular weight excluding hydrogens is 527 g/mol. The van der Waals surface area contributed by atoms with E-state index in [-0.39, 0.29) is 11.7 Å². The fourth-order valence-electron chi connectivity index (χ4n) is 4.03. The summed E-state index contributed by atoms with van der Waals surface area (Å²) in [5.41, 5.74) is 0.911. The Kier molecular flexibility index (Phi) is 11.6. The number of hydrogen-bond acceptors (Lipinski definition) is 9. The summed E-state index contributed by atoms with van der Waals surface area (Å²) >= 11 is 4.84. The van der Waals surface area contributed by atoms with E-state index < -0.39 is 5.41 Å². The molecule has 3 N–H and O–H groups in total. The number of rotatable bonds is 13. The van der Waals surface area contributed by atoms with Crippen molar-refractivity contribution in [3.8, 4) is 5.75 Å². The van der Waals surface area contributed by atoms with Gasteiger partial charge in [0.2, 0.25) is 5.91 Å². The summed E-state index contributed by atoms with van der Waals surface area (Å²) in [6.45, 7) is 3.25. The Labute approximate surface area is 231 Å². The van der Waals surface area contributed by atoms with Gasteiger partial charge in [-0.1, -0.05) is 30.1 Å². The Balaban J connectivity index is 0.000000479. The zero-order chi connectivity index (χ0) is 26.7. The topological polar surface area (TPSA) is 103 Å². The van der Waals surface area contributed by atoms with Crippen LogP contribution in [0.3, 0.4) is 0 Å². The second-order valence-corrected chi connectivity index (χ2v) is 12.3. The molecule has 1 aliphatic carbocycles. The highest BCUT2D eigenvalue weighted by atomic mass is 32.2. The number of carbonyl (C=O) groups is 2. The Morgan fingerprint density at radius 3 is 2.57 bits per heavy atom. The van der Waals surface area contributed by atoms with Crippen LogP contribution in [0.25, 0.3) is 0 Å². The number of phenolic OH excluding ortho intramolecular Hbond substituents is 1. The normalized spacial score (nSPS) is 13.5. The van der Waals surface area contributed by atoms with Crippen LogP contribution in [0.5, 0.6) is 5.75 Å². The van der Waals surface area contributed by atoms with Gasteiger partial charge in [0.1, 0.15) is 16.5 Å². The molecule has 2 heterocycles. The number of aromatic nitrogens is 1. The van der Waals surface area contributed by atoms with Crippen LogP contribution in [0.4, 0.5) is 0 Å². The molecule has 1 aliphatic rings. The molecule has 7 nitrogen and oxygen atoms in total. The van der Waals surface area contributed by atoms with Crippen molar-refractivity contribution in [1.82, 2.24) is 14.6 Å². The molecule has 4 rings (SSSR count). The molecule has 1 aromatic carbocycles. The molecule has 2 aromatic heterocycles. The van der Waals surface area contributed by atoms with E-state index in [1.807, 2.05) is 37.1 Å². The summed E-state index contributed by atoms with van der Waals surface area (Å²) < 4.78 is 2.91. The van der Waals surface area contributed by atoms with Gasteiger partial charge in [0, 0.05) is 28.7 Å². The number of thiophene rings is 1. The Morgan fingerprint density at radius 2 is 2.00 bits per heavy atom. The van der Waals surface area contributed by atoms with Crippen LogP contribution in [0.1, 0.15) is 56.5 Å². The van der Waals surface area contributed by atoms with E-state index in [0.717, 1.165) is 59.6 Å². The molecule has 0 unspecified atom stereocenters. The zero-order valence-corrected chi connectivity index (χ0v) is 23.8. The van der Waals surface area contributed by atoms with Crippen LogP contribution in [-0.4, -0.2) is 58.2 Å². The lowest BCUT2D eigenvalue weighted by atomic mass is 9.94. The maximum atomic E-state index is 13.6. The van der Waals surface area contributed by atoms with Gasteiger partial charge in [0.25, 0.3) is 0 Å². The molecule has 200 valence electrons. The third-order valence-electron chi connectivity index (χ3n) is 6.16. The number of aryl methyl sites for hydroxylation is 2. The summed E-state index contributed by atoms with van der Waals surface area (Å²) in [7, 11) is 1.88. The minimum absolute atomic E-state index is 0.111. The number of phenols is 1. The molecule has 37 heavy (non-hydrogen) atoms. The summed E-state index contributed by atoms with van der Waals surface area (Å²) in [6, 6.07) is 11.2. The molecule has 0 spiro atoms. The van der Waals surface area contributed by atoms with E-state index in [2.05, 4.69) is 21.2 Å². The van der Waals surface area contributed by atoms with Crippen molar-refractivity contribution < 1.29 is 19.8 Å². The quantitative estimate of drug-likeness (QED) is 0.154. The predicted octanol–water partition coefficient (Wildman–Crippen LogP) is 4.96. The van der Waals surface area contributed by atoms with E-state index in [1.54, 1.807) is 35.4 Å². The van der Waals surface area contributed by atoms with Gasteiger partial charge >= 0.3 is 0 Å². The highest BCUT2D eigenvalue weighted by molar-refractivity contribution is 7.97. The van der Waals surface area contributed by atoms with Gasteiger partial charge in [-0.25, -0.2) is 4.98 Å². The first-order valence-electron chi connectivity index (χ1n) is 12.4. The SMILES string of the molecule is CNSCCCO.Cc1sc(CN(CCCc2cccs2)C(=O)C2(c3ccc(O)cc3)CC2)nc1C=O. The second-order valence-electron chi connectivity index (χ2n) is 8.84. The molecule has 1 fully saturated rings. The smallest absolute Gasteiger partial charge is 0.233 e. The number of benzene rings is 1. The lowest BCUT2D eigenvalue weighted by Crippen LogP contribution is -2.39. The van der Waals surface area contributed by atoms with E-state index >= 15 is 0 Å². The minimum Gasteiger partial charge on any atom is -0.508 e. The van der Waals surface area contributed by atoms with Crippen molar-refractivity contribution in [2.24, 2.45) is 0 Å². The van der Waals surface area contributed by atoms with Gasteiger partial charge < -0.3 is 15.1 Å². The van der Waals surface area contributed by atoms with Crippen LogP contribution in [0.15, 0.2) is 41.8 Å². The molecule has 0 aliphatic heterocycles. The first kappa shape index (κ1) is 29.3. The average molecular weight is 562 g/mol. The fraction of sp³-hybridized carbons (Fsp3) is 0.444. The number of hydrogen-bond donors (Lipinski definition) is 3. The van der Waals surface area contributed by atoms with Crippen molar-refractivity contribution in [2.75, 3.05) is 26.0 Å². The Morgan fingerprint density at radius 1 is 1.24 bits per heavy atom. The van der Waals surface area contributed by atoms with Crippen molar-refractivity contribution >= 4 is 46.8 Å². The number of aliphatic hydroxyl groups excluding tert-OH is 1. The molecule has 1 amide bonds. The highest BCUT2D eigenvalue weighted by Gasteiger charge is 2.53. The number of thiazole rings is 1. The minimum atomic E-state index is -0.504. The van der Waals surface area contributed by atoms with Crippen molar-refractivity contribution in [3.05, 3.63) is 67.8 Å². The number of nitrogens with zero attached hydrogens (tertiary/aromatic N) is 2. The summed E-state index contributed by atoms with van der Waals surface area (Å²) in [6.07, 6.45) is 5.10. The molecule has 10 heteroatoms. The van der Waals surface area contributed by atoms with Gasteiger partial charge in [-0.3, -0.25) is 14.3 Å². The highest BCUT2D eigenvalue weighted by Crippen LogP contribution is 2.50. The first-order valence-corrected chi connectivity index (χ1v) is 15.0. The van der Waals surface area contributed by atoms with Crippen LogP contribution >= 0.6 is 34.6 Å². The van der Waals surface area contributed by atoms with Crippen LogP contribution in [0, 0.1) is 6.92 Å². The van der Waals surface area contributed by atoms with Gasteiger partial charge in [-0.2, -0.15) is 0 Å². The van der Waals surface area contributed by atoms with Crippen LogP contribution in [-0.2, 0) is 23.2 Å². The zero-order valence-electron chi connectivity index (χ0n) is 21.3. The predicted molar refractivity (Wildman–Crippen MR) is 153 cm³/mol. The van der Waals surface area contributed by atoms with Crippen molar-refractivity contribution in [1.29, 1.82) is 0 Å². The van der Waals surface area contributed by atoms with Crippen LogP contribution in [0.2, 0.25) is 0 Å². The van der Waals surface area contributed by atoms with E-state index in [9.17, 15) is 14.7 Å². The van der Waals surface area contributed by atoms with E-state index in [4.69, 9.17) is 5.11 Å². The largest absolute Gasteiger partial charge is 0.508 e.